The minimum atomic E-state index is -0.698. The Kier molecular flexibility index (Phi) is 4.37. The van der Waals surface area contributed by atoms with Crippen molar-refractivity contribution in [3.8, 4) is 0 Å². The van der Waals surface area contributed by atoms with E-state index in [0.29, 0.717) is 18.4 Å². The van der Waals surface area contributed by atoms with Crippen LogP contribution in [0.5, 0.6) is 0 Å². The summed E-state index contributed by atoms with van der Waals surface area (Å²) < 4.78 is 13.4. The van der Waals surface area contributed by atoms with Gasteiger partial charge in [-0.25, -0.2) is 4.39 Å². The number of carbonyl (C=O) groups is 2. The Morgan fingerprint density at radius 1 is 1.30 bits per heavy atom. The second-order valence-electron chi connectivity index (χ2n) is 5.16. The maximum atomic E-state index is 13.4. The molecule has 0 unspecified atom stereocenters. The minimum Gasteiger partial charge on any atom is -0.358 e. The fourth-order valence-electron chi connectivity index (χ4n) is 2.83. The van der Waals surface area contributed by atoms with Crippen molar-refractivity contribution < 1.29 is 14.0 Å². The maximum Gasteiger partial charge on any atom is 0.239 e. The van der Waals surface area contributed by atoms with E-state index < -0.39 is 5.41 Å². The van der Waals surface area contributed by atoms with Gasteiger partial charge < -0.3 is 10.6 Å². The van der Waals surface area contributed by atoms with Crippen molar-refractivity contribution in [2.24, 2.45) is 0 Å². The van der Waals surface area contributed by atoms with E-state index in [9.17, 15) is 14.0 Å². The zero-order valence-electron chi connectivity index (χ0n) is 11.5. The molecule has 1 aliphatic rings. The number of carbonyl (C=O) groups excluding carboxylic acids is 2. The smallest absolute Gasteiger partial charge is 0.239 e. The van der Waals surface area contributed by atoms with Gasteiger partial charge in [0.05, 0.1) is 12.0 Å². The Morgan fingerprint density at radius 3 is 2.60 bits per heavy atom. The summed E-state index contributed by atoms with van der Waals surface area (Å²) >= 11 is 0. The van der Waals surface area contributed by atoms with Crippen LogP contribution in [0.4, 0.5) is 4.39 Å². The Morgan fingerprint density at radius 2 is 2.00 bits per heavy atom. The number of halogens is 1. The first-order valence-corrected chi connectivity index (χ1v) is 6.83. The molecule has 0 radical (unpaired) electrons. The highest BCUT2D eigenvalue weighted by Gasteiger charge is 2.42. The molecule has 0 heterocycles. The summed E-state index contributed by atoms with van der Waals surface area (Å²) in [7, 11) is 1.52. The molecule has 2 rings (SSSR count). The van der Waals surface area contributed by atoms with Crippen molar-refractivity contribution in [3.63, 3.8) is 0 Å². The summed E-state index contributed by atoms with van der Waals surface area (Å²) in [5.41, 5.74) is 0.000232. The molecule has 1 saturated carbocycles. The lowest BCUT2D eigenvalue weighted by Gasteiger charge is -2.28. The van der Waals surface area contributed by atoms with Gasteiger partial charge in [0.15, 0.2) is 0 Å². The average molecular weight is 278 g/mol. The topological polar surface area (TPSA) is 58.2 Å². The highest BCUT2D eigenvalue weighted by molar-refractivity contribution is 5.91. The Bertz CT molecular complexity index is 510. The first-order chi connectivity index (χ1) is 9.58. The lowest BCUT2D eigenvalue weighted by molar-refractivity contribution is -0.129. The first-order valence-electron chi connectivity index (χ1n) is 6.83. The molecule has 1 aromatic carbocycles. The Balaban J connectivity index is 2.21. The number of nitrogens with one attached hydrogen (secondary N) is 2. The molecule has 0 spiro atoms. The van der Waals surface area contributed by atoms with Gasteiger partial charge in [0, 0.05) is 7.05 Å². The molecule has 0 aromatic heterocycles. The van der Waals surface area contributed by atoms with Crippen molar-refractivity contribution in [1.82, 2.24) is 10.6 Å². The molecule has 5 heteroatoms. The summed E-state index contributed by atoms with van der Waals surface area (Å²) in [5.74, 6) is -0.775. The fraction of sp³-hybridized carbons (Fsp3) is 0.467. The first kappa shape index (κ1) is 14.5. The van der Waals surface area contributed by atoms with Gasteiger partial charge in [-0.15, -0.1) is 0 Å². The molecule has 108 valence electrons. The van der Waals surface area contributed by atoms with E-state index in [4.69, 9.17) is 0 Å². The van der Waals surface area contributed by atoms with E-state index in [1.807, 2.05) is 0 Å². The Labute approximate surface area is 117 Å². The summed E-state index contributed by atoms with van der Waals surface area (Å²) in [4.78, 5) is 23.7. The zero-order chi connectivity index (χ0) is 14.6. The van der Waals surface area contributed by atoms with Gasteiger partial charge in [0.1, 0.15) is 5.82 Å². The molecule has 4 nitrogen and oxygen atoms in total. The summed E-state index contributed by atoms with van der Waals surface area (Å²) in [5, 5.41) is 5.12. The van der Waals surface area contributed by atoms with Gasteiger partial charge in [-0.2, -0.15) is 0 Å². The zero-order valence-corrected chi connectivity index (χ0v) is 11.5. The van der Waals surface area contributed by atoms with Gasteiger partial charge in [-0.3, -0.25) is 9.59 Å². The van der Waals surface area contributed by atoms with Gasteiger partial charge >= 0.3 is 0 Å². The van der Waals surface area contributed by atoms with Crippen LogP contribution in [-0.2, 0) is 15.0 Å². The van der Waals surface area contributed by atoms with Crippen molar-refractivity contribution >= 4 is 11.8 Å². The fourth-order valence-corrected chi connectivity index (χ4v) is 2.83. The molecule has 0 saturated heterocycles. The minimum absolute atomic E-state index is 0.0492. The number of amides is 2. The molecular formula is C15H19FN2O2. The third kappa shape index (κ3) is 2.81. The van der Waals surface area contributed by atoms with Crippen molar-refractivity contribution in [2.45, 2.75) is 31.1 Å². The predicted molar refractivity (Wildman–Crippen MR) is 73.6 cm³/mol. The number of rotatable bonds is 4. The van der Waals surface area contributed by atoms with Crippen LogP contribution < -0.4 is 10.6 Å². The van der Waals surface area contributed by atoms with E-state index in [2.05, 4.69) is 10.6 Å². The highest BCUT2D eigenvalue weighted by Crippen LogP contribution is 2.41. The van der Waals surface area contributed by atoms with Crippen LogP contribution in [0.15, 0.2) is 24.3 Å². The van der Waals surface area contributed by atoms with Crippen LogP contribution >= 0.6 is 0 Å². The van der Waals surface area contributed by atoms with E-state index in [1.165, 1.54) is 19.2 Å². The summed E-state index contributed by atoms with van der Waals surface area (Å²) in [6.07, 6.45) is 3.25. The predicted octanol–water partition coefficient (Wildman–Crippen LogP) is 1.50. The third-order valence-electron chi connectivity index (χ3n) is 3.96. The SMILES string of the molecule is CNC(=O)CNC(=O)C1(c2cccc(F)c2)CCCC1. The van der Waals surface area contributed by atoms with Gasteiger partial charge in [0.2, 0.25) is 11.8 Å². The molecule has 1 aliphatic carbocycles. The maximum absolute atomic E-state index is 13.4. The lowest BCUT2D eigenvalue weighted by Crippen LogP contribution is -2.46. The molecule has 2 amide bonds. The molecule has 0 atom stereocenters. The molecule has 2 N–H and O–H groups in total. The summed E-state index contributed by atoms with van der Waals surface area (Å²) in [6, 6.07) is 6.20. The van der Waals surface area contributed by atoms with Crippen molar-refractivity contribution in [1.29, 1.82) is 0 Å². The van der Waals surface area contributed by atoms with E-state index in [1.54, 1.807) is 12.1 Å². The third-order valence-corrected chi connectivity index (χ3v) is 3.96. The Hall–Kier alpha value is -1.91. The van der Waals surface area contributed by atoms with Crippen molar-refractivity contribution in [2.75, 3.05) is 13.6 Å². The average Bonchev–Trinajstić information content (AvgIpc) is 2.95. The van der Waals surface area contributed by atoms with Crippen LogP contribution in [0.2, 0.25) is 0 Å². The quantitative estimate of drug-likeness (QED) is 0.877. The highest BCUT2D eigenvalue weighted by atomic mass is 19.1. The summed E-state index contributed by atoms with van der Waals surface area (Å²) in [6.45, 7) is -0.0492. The van der Waals surface area contributed by atoms with Gasteiger partial charge in [-0.1, -0.05) is 25.0 Å². The number of likely N-dealkylation sites (N-methyl/N-ethyl adjacent to an activating group) is 1. The second-order valence-corrected chi connectivity index (χ2v) is 5.16. The van der Waals surface area contributed by atoms with Crippen LogP contribution in [-0.4, -0.2) is 25.4 Å². The normalized spacial score (nSPS) is 16.7. The van der Waals surface area contributed by atoms with Crippen LogP contribution in [0, 0.1) is 5.82 Å². The standard InChI is InChI=1S/C15H19FN2O2/c1-17-13(19)10-18-14(20)15(7-2-3-8-15)11-5-4-6-12(16)9-11/h4-6,9H,2-3,7-8,10H2,1H3,(H,17,19)(H,18,20). The molecule has 0 bridgehead atoms. The molecule has 20 heavy (non-hydrogen) atoms. The van der Waals surface area contributed by atoms with E-state index in [0.717, 1.165) is 12.8 Å². The van der Waals surface area contributed by atoms with Crippen LogP contribution in [0.25, 0.3) is 0 Å². The number of benzene rings is 1. The monoisotopic (exact) mass is 278 g/mol. The number of hydrogen-bond donors (Lipinski definition) is 2. The molecule has 1 fully saturated rings. The molecule has 1 aromatic rings. The lowest BCUT2D eigenvalue weighted by atomic mass is 9.78. The van der Waals surface area contributed by atoms with E-state index >= 15 is 0 Å². The van der Waals surface area contributed by atoms with E-state index in [-0.39, 0.29) is 24.2 Å². The van der Waals surface area contributed by atoms with Gasteiger partial charge in [0.25, 0.3) is 0 Å². The second kappa shape index (κ2) is 6.03. The number of hydrogen-bond acceptors (Lipinski definition) is 2. The van der Waals surface area contributed by atoms with Crippen LogP contribution in [0.3, 0.4) is 0 Å². The van der Waals surface area contributed by atoms with Crippen LogP contribution in [0.1, 0.15) is 31.2 Å². The van der Waals surface area contributed by atoms with Crippen molar-refractivity contribution in [3.05, 3.63) is 35.6 Å². The molecule has 0 aliphatic heterocycles. The van der Waals surface area contributed by atoms with Gasteiger partial charge in [-0.05, 0) is 30.5 Å². The largest absolute Gasteiger partial charge is 0.358 e. The molecular weight excluding hydrogens is 259 g/mol.